The monoisotopic (exact) mass is 566 g/mol. The van der Waals surface area contributed by atoms with Crippen LogP contribution in [0.25, 0.3) is 0 Å². The number of amides is 2. The second-order valence-corrected chi connectivity index (χ2v) is 10.8. The van der Waals surface area contributed by atoms with Crippen LogP contribution >= 0.6 is 22.9 Å². The van der Waals surface area contributed by atoms with Gasteiger partial charge in [0, 0.05) is 43.2 Å². The lowest BCUT2D eigenvalue weighted by atomic mass is 10.0. The molecule has 2 amide bonds. The highest BCUT2D eigenvalue weighted by atomic mass is 35.5. The average molecular weight is 567 g/mol. The van der Waals surface area contributed by atoms with Crippen molar-refractivity contribution in [2.45, 2.75) is 12.5 Å². The van der Waals surface area contributed by atoms with Crippen LogP contribution in [0.1, 0.15) is 33.3 Å². The molecular weight excluding hydrogens is 536 g/mol. The van der Waals surface area contributed by atoms with Crippen molar-refractivity contribution in [1.82, 2.24) is 14.8 Å². The van der Waals surface area contributed by atoms with E-state index in [0.29, 0.717) is 49.1 Å². The number of hydrazone groups is 1. The van der Waals surface area contributed by atoms with Crippen LogP contribution in [0.15, 0.2) is 71.1 Å². The Balaban J connectivity index is 1.40. The Kier molecular flexibility index (Phi) is 8.93. The number of nitrogens with zero attached hydrogens (tertiary/aromatic N) is 4. The van der Waals surface area contributed by atoms with Crippen LogP contribution in [0.2, 0.25) is 5.02 Å². The maximum Gasteiger partial charge on any atom is 0.262 e. The molecule has 3 aromatic rings. The van der Waals surface area contributed by atoms with Crippen LogP contribution in [0, 0.1) is 0 Å². The lowest BCUT2D eigenvalue weighted by Gasteiger charge is -2.31. The maximum absolute atomic E-state index is 13.9. The molecule has 1 fully saturated rings. The number of ether oxygens (including phenoxy) is 2. The van der Waals surface area contributed by atoms with E-state index >= 15 is 0 Å². The van der Waals surface area contributed by atoms with Crippen LogP contribution in [-0.2, 0) is 9.53 Å². The fourth-order valence-electron chi connectivity index (χ4n) is 4.81. The van der Waals surface area contributed by atoms with Gasteiger partial charge in [0.25, 0.3) is 11.8 Å². The quantitative estimate of drug-likeness (QED) is 0.379. The van der Waals surface area contributed by atoms with Gasteiger partial charge in [-0.25, -0.2) is 5.01 Å². The molecule has 39 heavy (non-hydrogen) atoms. The Bertz CT molecular complexity index is 1310. The smallest absolute Gasteiger partial charge is 0.262 e. The van der Waals surface area contributed by atoms with E-state index in [4.69, 9.17) is 26.2 Å². The van der Waals surface area contributed by atoms with E-state index in [1.165, 1.54) is 5.01 Å². The van der Waals surface area contributed by atoms with Gasteiger partial charge in [0.2, 0.25) is 0 Å². The van der Waals surface area contributed by atoms with Crippen molar-refractivity contribution in [1.29, 1.82) is 0 Å². The van der Waals surface area contributed by atoms with Crippen molar-refractivity contribution in [3.8, 4) is 5.75 Å². The third kappa shape index (κ3) is 6.50. The summed E-state index contributed by atoms with van der Waals surface area (Å²) in [6, 6.07) is 18.1. The van der Waals surface area contributed by atoms with E-state index in [2.05, 4.69) is 4.90 Å². The number of benzene rings is 2. The van der Waals surface area contributed by atoms with Crippen molar-refractivity contribution in [3.05, 3.63) is 87.1 Å². The third-order valence-corrected chi connectivity index (χ3v) is 8.24. The summed E-state index contributed by atoms with van der Waals surface area (Å²) >= 11 is 8.15. The molecule has 0 radical (unpaired) electrons. The van der Waals surface area contributed by atoms with Gasteiger partial charge in [0.15, 0.2) is 0 Å². The topological polar surface area (TPSA) is 74.7 Å². The molecule has 2 aromatic carbocycles. The fourth-order valence-corrected chi connectivity index (χ4v) is 5.79. The molecule has 2 aliphatic rings. The predicted molar refractivity (Wildman–Crippen MR) is 153 cm³/mol. The molecule has 1 saturated heterocycles. The molecule has 2 aliphatic heterocycles. The van der Waals surface area contributed by atoms with Gasteiger partial charge in [0.05, 0.1) is 37.0 Å². The number of halogens is 1. The van der Waals surface area contributed by atoms with E-state index in [0.717, 1.165) is 29.2 Å². The SMILES string of the molecule is COc1ccc(C(=O)N(CCN2CCOCC2)CC(=O)N2N=C(c3cccs3)C[C@@H]2c2ccccc2Cl)cc1. The maximum atomic E-state index is 13.9. The lowest BCUT2D eigenvalue weighted by Crippen LogP contribution is -2.46. The summed E-state index contributed by atoms with van der Waals surface area (Å²) in [4.78, 5) is 32.4. The molecule has 0 aliphatic carbocycles. The van der Waals surface area contributed by atoms with Crippen molar-refractivity contribution >= 4 is 40.5 Å². The Morgan fingerprint density at radius 1 is 1.10 bits per heavy atom. The number of carbonyl (C=O) groups is 2. The fraction of sp³-hybridized carbons (Fsp3) is 0.345. The van der Waals surface area contributed by atoms with Gasteiger partial charge >= 0.3 is 0 Å². The number of methoxy groups -OCH3 is 1. The number of rotatable bonds is 9. The molecule has 5 rings (SSSR count). The Morgan fingerprint density at radius 3 is 2.56 bits per heavy atom. The van der Waals surface area contributed by atoms with Gasteiger partial charge in [0.1, 0.15) is 12.3 Å². The number of thiophene rings is 1. The summed E-state index contributed by atoms with van der Waals surface area (Å²) in [6.45, 7) is 3.88. The largest absolute Gasteiger partial charge is 0.497 e. The zero-order valence-electron chi connectivity index (χ0n) is 21.8. The van der Waals surface area contributed by atoms with Gasteiger partial charge < -0.3 is 14.4 Å². The first kappa shape index (κ1) is 27.3. The Morgan fingerprint density at radius 2 is 1.87 bits per heavy atom. The first-order chi connectivity index (χ1) is 19.0. The zero-order valence-corrected chi connectivity index (χ0v) is 23.4. The molecule has 0 saturated carbocycles. The number of hydrogen-bond acceptors (Lipinski definition) is 7. The highest BCUT2D eigenvalue weighted by molar-refractivity contribution is 7.12. The van der Waals surface area contributed by atoms with Gasteiger partial charge in [-0.1, -0.05) is 35.9 Å². The van der Waals surface area contributed by atoms with Crippen LogP contribution in [0.4, 0.5) is 0 Å². The van der Waals surface area contributed by atoms with E-state index in [-0.39, 0.29) is 24.4 Å². The van der Waals surface area contributed by atoms with Crippen LogP contribution in [0.5, 0.6) is 5.75 Å². The van der Waals surface area contributed by atoms with Gasteiger partial charge in [-0.05, 0) is 47.3 Å². The molecule has 1 aromatic heterocycles. The molecule has 3 heterocycles. The number of morpholine rings is 1. The predicted octanol–water partition coefficient (Wildman–Crippen LogP) is 4.56. The summed E-state index contributed by atoms with van der Waals surface area (Å²) < 4.78 is 10.7. The van der Waals surface area contributed by atoms with Crippen molar-refractivity contribution in [3.63, 3.8) is 0 Å². The molecule has 0 spiro atoms. The van der Waals surface area contributed by atoms with Crippen molar-refractivity contribution in [2.24, 2.45) is 5.10 Å². The minimum atomic E-state index is -0.347. The van der Waals surface area contributed by atoms with Crippen LogP contribution in [0.3, 0.4) is 0 Å². The molecule has 1 atom stereocenters. The Hall–Kier alpha value is -3.24. The standard InChI is InChI=1S/C29H31ClN4O4S/c1-37-22-10-8-21(9-11-22)29(36)33(13-12-32-14-16-38-17-15-32)20-28(35)34-26(23-5-2-3-6-24(23)30)19-25(31-34)27-7-4-18-39-27/h2-11,18,26H,12-17,19-20H2,1H3/t26-/m1/s1. The highest BCUT2D eigenvalue weighted by Gasteiger charge is 2.36. The highest BCUT2D eigenvalue weighted by Crippen LogP contribution is 2.37. The van der Waals surface area contributed by atoms with Gasteiger partial charge in [-0.2, -0.15) is 5.10 Å². The van der Waals surface area contributed by atoms with E-state index in [1.807, 2.05) is 41.8 Å². The number of carbonyl (C=O) groups excluding carboxylic acids is 2. The second-order valence-electron chi connectivity index (χ2n) is 9.41. The average Bonchev–Trinajstić information content (AvgIpc) is 3.66. The molecule has 0 N–H and O–H groups in total. The summed E-state index contributed by atoms with van der Waals surface area (Å²) in [5.74, 6) is 0.197. The van der Waals surface area contributed by atoms with Gasteiger partial charge in [-0.3, -0.25) is 14.5 Å². The van der Waals surface area contributed by atoms with Crippen molar-refractivity contribution in [2.75, 3.05) is 53.0 Å². The Labute approximate surface area is 237 Å². The lowest BCUT2D eigenvalue weighted by molar-refractivity contribution is -0.133. The molecule has 8 nitrogen and oxygen atoms in total. The third-order valence-electron chi connectivity index (χ3n) is 6.98. The zero-order chi connectivity index (χ0) is 27.2. The molecule has 10 heteroatoms. The second kappa shape index (κ2) is 12.7. The molecular formula is C29H31ClN4O4S. The van der Waals surface area contributed by atoms with Gasteiger partial charge in [-0.15, -0.1) is 11.3 Å². The summed E-state index contributed by atoms with van der Waals surface area (Å²) in [6.07, 6.45) is 0.552. The summed E-state index contributed by atoms with van der Waals surface area (Å²) in [5.41, 5.74) is 2.17. The minimum absolute atomic E-state index is 0.0998. The molecule has 0 bridgehead atoms. The van der Waals surface area contributed by atoms with Crippen LogP contribution < -0.4 is 4.74 Å². The van der Waals surface area contributed by atoms with E-state index in [1.54, 1.807) is 47.6 Å². The first-order valence-corrected chi connectivity index (χ1v) is 14.2. The van der Waals surface area contributed by atoms with E-state index < -0.39 is 0 Å². The molecule has 204 valence electrons. The number of hydrogen-bond donors (Lipinski definition) is 0. The first-order valence-electron chi connectivity index (χ1n) is 12.9. The normalized spacial score (nSPS) is 17.6. The summed E-state index contributed by atoms with van der Waals surface area (Å²) in [5, 5.41) is 8.85. The molecule has 0 unspecified atom stereocenters. The van der Waals surface area contributed by atoms with Crippen LogP contribution in [-0.4, -0.2) is 85.4 Å². The minimum Gasteiger partial charge on any atom is -0.497 e. The van der Waals surface area contributed by atoms with E-state index in [9.17, 15) is 9.59 Å². The summed E-state index contributed by atoms with van der Waals surface area (Å²) in [7, 11) is 1.58. The van der Waals surface area contributed by atoms with Crippen molar-refractivity contribution < 1.29 is 19.1 Å².